The summed E-state index contributed by atoms with van der Waals surface area (Å²) in [5, 5.41) is 2.95. The first-order valence-electron chi connectivity index (χ1n) is 14.4. The fourth-order valence-electron chi connectivity index (χ4n) is 4.85. The first kappa shape index (κ1) is 32.7. The van der Waals surface area contributed by atoms with Crippen LogP contribution in [0.4, 0.5) is 5.69 Å². The number of rotatable bonds is 14. The minimum atomic E-state index is -4.12. The van der Waals surface area contributed by atoms with Crippen molar-refractivity contribution >= 4 is 27.5 Å². The minimum absolute atomic E-state index is 0.0868. The maximum Gasteiger partial charge on any atom is 0.264 e. The molecule has 8 nitrogen and oxygen atoms in total. The van der Waals surface area contributed by atoms with Crippen molar-refractivity contribution in [2.24, 2.45) is 0 Å². The van der Waals surface area contributed by atoms with E-state index in [1.807, 2.05) is 58.9 Å². The molecule has 0 aliphatic carbocycles. The van der Waals surface area contributed by atoms with E-state index in [1.165, 1.54) is 4.90 Å². The highest BCUT2D eigenvalue weighted by Crippen LogP contribution is 2.27. The molecule has 42 heavy (non-hydrogen) atoms. The molecule has 226 valence electrons. The van der Waals surface area contributed by atoms with Crippen LogP contribution in [0, 0.1) is 20.8 Å². The van der Waals surface area contributed by atoms with Crippen molar-refractivity contribution < 1.29 is 22.7 Å². The Labute approximate surface area is 250 Å². The number of carbonyl (C=O) groups is 2. The van der Waals surface area contributed by atoms with Crippen LogP contribution in [0.3, 0.4) is 0 Å². The van der Waals surface area contributed by atoms with E-state index < -0.39 is 28.5 Å². The highest BCUT2D eigenvalue weighted by Gasteiger charge is 2.33. The molecule has 1 atom stereocenters. The lowest BCUT2D eigenvalue weighted by Crippen LogP contribution is -2.52. The molecule has 0 saturated heterocycles. The number of carbonyl (C=O) groups excluding carboxylic acids is 2. The van der Waals surface area contributed by atoms with Crippen LogP contribution in [0.2, 0.25) is 0 Å². The third kappa shape index (κ3) is 8.35. The number of sulfonamides is 1. The number of nitrogens with one attached hydrogen (secondary N) is 1. The monoisotopic (exact) mass is 593 g/mol. The topological polar surface area (TPSA) is 96.0 Å². The zero-order chi connectivity index (χ0) is 30.9. The van der Waals surface area contributed by atoms with Gasteiger partial charge < -0.3 is 15.0 Å². The second-order valence-electron chi connectivity index (χ2n) is 10.6. The van der Waals surface area contributed by atoms with Crippen molar-refractivity contribution in [3.8, 4) is 5.75 Å². The molecular formula is C33H43N3O5S. The van der Waals surface area contributed by atoms with Gasteiger partial charge in [-0.3, -0.25) is 13.9 Å². The van der Waals surface area contributed by atoms with Gasteiger partial charge in [-0.25, -0.2) is 8.42 Å². The van der Waals surface area contributed by atoms with Crippen LogP contribution in [-0.4, -0.2) is 51.4 Å². The number of aryl methyl sites for hydroxylation is 3. The van der Waals surface area contributed by atoms with Gasteiger partial charge in [0, 0.05) is 13.1 Å². The lowest BCUT2D eigenvalue weighted by atomic mass is 10.1. The number of benzene rings is 3. The van der Waals surface area contributed by atoms with Gasteiger partial charge in [0.2, 0.25) is 11.8 Å². The number of unbranched alkanes of at least 4 members (excludes halogenated alkanes) is 1. The second kappa shape index (κ2) is 14.9. The van der Waals surface area contributed by atoms with E-state index in [0.29, 0.717) is 24.4 Å². The predicted molar refractivity (Wildman–Crippen MR) is 167 cm³/mol. The number of amides is 2. The van der Waals surface area contributed by atoms with Gasteiger partial charge in [0.05, 0.1) is 17.7 Å². The molecule has 1 N–H and O–H groups in total. The number of ether oxygens (including phenoxy) is 1. The van der Waals surface area contributed by atoms with Gasteiger partial charge >= 0.3 is 0 Å². The summed E-state index contributed by atoms with van der Waals surface area (Å²) in [4.78, 5) is 29.1. The van der Waals surface area contributed by atoms with E-state index >= 15 is 0 Å². The van der Waals surface area contributed by atoms with Crippen molar-refractivity contribution in [1.29, 1.82) is 0 Å². The lowest BCUT2D eigenvalue weighted by Gasteiger charge is -2.33. The van der Waals surface area contributed by atoms with Gasteiger partial charge in [-0.15, -0.1) is 0 Å². The summed E-state index contributed by atoms with van der Waals surface area (Å²) in [6.07, 6.45) is 2.11. The normalized spacial score (nSPS) is 12.0. The molecule has 0 aliphatic rings. The Morgan fingerprint density at radius 2 is 1.57 bits per heavy atom. The Kier molecular flexibility index (Phi) is 11.6. The van der Waals surface area contributed by atoms with E-state index in [4.69, 9.17) is 4.74 Å². The molecule has 0 heterocycles. The molecule has 0 bridgehead atoms. The summed E-state index contributed by atoms with van der Waals surface area (Å²) >= 11 is 0. The van der Waals surface area contributed by atoms with Crippen LogP contribution in [0.1, 0.15) is 55.4 Å². The van der Waals surface area contributed by atoms with Gasteiger partial charge in [0.1, 0.15) is 18.3 Å². The van der Waals surface area contributed by atoms with Gasteiger partial charge in [-0.1, -0.05) is 56.2 Å². The molecule has 2 amide bonds. The summed E-state index contributed by atoms with van der Waals surface area (Å²) in [6.45, 7) is 9.69. The van der Waals surface area contributed by atoms with Crippen LogP contribution in [-0.2, 0) is 26.2 Å². The summed E-state index contributed by atoms with van der Waals surface area (Å²) in [7, 11) is -2.56. The number of methoxy groups -OCH3 is 1. The molecule has 0 aromatic heterocycles. The summed E-state index contributed by atoms with van der Waals surface area (Å²) < 4.78 is 34.7. The highest BCUT2D eigenvalue weighted by molar-refractivity contribution is 7.92. The smallest absolute Gasteiger partial charge is 0.264 e. The zero-order valence-corrected chi connectivity index (χ0v) is 26.3. The van der Waals surface area contributed by atoms with E-state index in [0.717, 1.165) is 39.4 Å². The fraction of sp³-hybridized carbons (Fsp3) is 0.394. The SMILES string of the molecule is CCCCNC(=O)C(CC)N(Cc1cccc(OC)c1)C(=O)CN(c1cc(C)cc(C)c1)S(=O)(=O)c1ccc(C)cc1. The second-order valence-corrected chi connectivity index (χ2v) is 12.5. The Balaban J connectivity index is 2.08. The quantitative estimate of drug-likeness (QED) is 0.248. The van der Waals surface area contributed by atoms with Crippen molar-refractivity contribution in [1.82, 2.24) is 10.2 Å². The Bertz CT molecular complexity index is 1450. The average molecular weight is 594 g/mol. The first-order chi connectivity index (χ1) is 20.0. The van der Waals surface area contributed by atoms with E-state index in [-0.39, 0.29) is 17.3 Å². The number of hydrogen-bond donors (Lipinski definition) is 1. The summed E-state index contributed by atoms with van der Waals surface area (Å²) in [5.74, 6) is -0.120. The maximum atomic E-state index is 14.2. The zero-order valence-electron chi connectivity index (χ0n) is 25.5. The van der Waals surface area contributed by atoms with Crippen molar-refractivity contribution in [2.75, 3.05) is 24.5 Å². The van der Waals surface area contributed by atoms with Gasteiger partial charge in [0.15, 0.2) is 0 Å². The first-order valence-corrected chi connectivity index (χ1v) is 15.8. The summed E-state index contributed by atoms with van der Waals surface area (Å²) in [5.41, 5.74) is 3.82. The molecule has 0 aliphatic heterocycles. The molecule has 9 heteroatoms. The maximum absolute atomic E-state index is 14.2. The third-order valence-electron chi connectivity index (χ3n) is 7.08. The van der Waals surface area contributed by atoms with Crippen LogP contribution >= 0.6 is 0 Å². The molecular weight excluding hydrogens is 550 g/mol. The van der Waals surface area contributed by atoms with Crippen LogP contribution < -0.4 is 14.4 Å². The van der Waals surface area contributed by atoms with Gasteiger partial charge in [-0.05, 0) is 86.7 Å². The minimum Gasteiger partial charge on any atom is -0.497 e. The summed E-state index contributed by atoms with van der Waals surface area (Å²) in [6, 6.07) is 18.5. The largest absolute Gasteiger partial charge is 0.497 e. The molecule has 3 aromatic rings. The molecule has 0 saturated carbocycles. The van der Waals surface area contributed by atoms with Crippen molar-refractivity contribution in [2.45, 2.75) is 71.4 Å². The Hall–Kier alpha value is -3.85. The average Bonchev–Trinajstić information content (AvgIpc) is 2.95. The molecule has 1 unspecified atom stereocenters. The molecule has 0 fully saturated rings. The van der Waals surface area contributed by atoms with E-state index in [1.54, 1.807) is 49.6 Å². The molecule has 0 radical (unpaired) electrons. The molecule has 3 aromatic carbocycles. The third-order valence-corrected chi connectivity index (χ3v) is 8.87. The highest BCUT2D eigenvalue weighted by atomic mass is 32.2. The number of hydrogen-bond acceptors (Lipinski definition) is 5. The van der Waals surface area contributed by atoms with Gasteiger partial charge in [-0.2, -0.15) is 0 Å². The number of nitrogens with zero attached hydrogens (tertiary/aromatic N) is 2. The van der Waals surface area contributed by atoms with Crippen LogP contribution in [0.15, 0.2) is 71.6 Å². The van der Waals surface area contributed by atoms with E-state index in [9.17, 15) is 18.0 Å². The van der Waals surface area contributed by atoms with Crippen LogP contribution in [0.25, 0.3) is 0 Å². The van der Waals surface area contributed by atoms with E-state index in [2.05, 4.69) is 5.32 Å². The molecule has 0 spiro atoms. The Morgan fingerprint density at radius 1 is 0.905 bits per heavy atom. The van der Waals surface area contributed by atoms with Crippen molar-refractivity contribution in [3.05, 3.63) is 89.0 Å². The van der Waals surface area contributed by atoms with Crippen molar-refractivity contribution in [3.63, 3.8) is 0 Å². The van der Waals surface area contributed by atoms with Gasteiger partial charge in [0.25, 0.3) is 10.0 Å². The van der Waals surface area contributed by atoms with Crippen LogP contribution in [0.5, 0.6) is 5.75 Å². The standard InChI is InChI=1S/C33H43N3O5S/c1-7-9-17-34-33(38)31(8-2)35(22-27-11-10-12-29(21-27)41-6)32(37)23-36(28-19-25(4)18-26(5)20-28)42(39,40)30-15-13-24(3)14-16-30/h10-16,18-21,31H,7-9,17,22-23H2,1-6H3,(H,34,38). The molecule has 3 rings (SSSR count). The predicted octanol–water partition coefficient (Wildman–Crippen LogP) is 5.54. The number of anilines is 1. The Morgan fingerprint density at radius 3 is 2.17 bits per heavy atom. The lowest BCUT2D eigenvalue weighted by molar-refractivity contribution is -0.140. The fourth-order valence-corrected chi connectivity index (χ4v) is 6.25.